The Morgan fingerprint density at radius 3 is 2.65 bits per heavy atom. The molecule has 0 spiro atoms. The summed E-state index contributed by atoms with van der Waals surface area (Å²) >= 11 is 0. The number of ether oxygens (including phenoxy) is 2. The van der Waals surface area contributed by atoms with E-state index in [0.29, 0.717) is 18.0 Å². The van der Waals surface area contributed by atoms with Crippen LogP contribution in [0.3, 0.4) is 0 Å². The van der Waals surface area contributed by atoms with Gasteiger partial charge in [-0.3, -0.25) is 9.69 Å². The highest BCUT2D eigenvalue weighted by Gasteiger charge is 2.32. The number of hydrogen-bond donors (Lipinski definition) is 0. The largest absolute Gasteiger partial charge is 0.470 e. The Hall–Kier alpha value is -2.44. The minimum atomic E-state index is -0.146. The average Bonchev–Trinajstić information content (AvgIpc) is 2.79. The van der Waals surface area contributed by atoms with Crippen molar-refractivity contribution in [3.8, 4) is 5.88 Å². The molecule has 136 valence electrons. The second kappa shape index (κ2) is 7.43. The van der Waals surface area contributed by atoms with Crippen LogP contribution in [0, 0.1) is 6.92 Å². The number of hydrogen-bond acceptors (Lipinski definition) is 5. The molecule has 1 atom stereocenters. The summed E-state index contributed by atoms with van der Waals surface area (Å²) in [5.74, 6) is 0.370. The summed E-state index contributed by atoms with van der Waals surface area (Å²) in [5.41, 5.74) is 2.24. The Balaban J connectivity index is 1.66. The van der Waals surface area contributed by atoms with E-state index in [1.165, 1.54) is 0 Å². The number of morpholine rings is 1. The van der Waals surface area contributed by atoms with Gasteiger partial charge in [-0.15, -0.1) is 0 Å². The zero-order valence-corrected chi connectivity index (χ0v) is 14.9. The first-order chi connectivity index (χ1) is 12.7. The van der Waals surface area contributed by atoms with E-state index >= 15 is 0 Å². The van der Waals surface area contributed by atoms with Crippen LogP contribution in [0.1, 0.15) is 16.1 Å². The molecule has 2 aliphatic heterocycles. The molecule has 1 unspecified atom stereocenters. The second-order valence-corrected chi connectivity index (χ2v) is 6.71. The van der Waals surface area contributed by atoms with Gasteiger partial charge in [-0.25, -0.2) is 4.98 Å². The minimum Gasteiger partial charge on any atom is -0.470 e. The highest BCUT2D eigenvalue weighted by atomic mass is 16.5. The van der Waals surface area contributed by atoms with Gasteiger partial charge in [0.1, 0.15) is 11.7 Å². The molecule has 0 bridgehead atoms. The lowest BCUT2D eigenvalue weighted by molar-refractivity contribution is 0.0201. The molecule has 2 aromatic rings. The molecule has 1 amide bonds. The van der Waals surface area contributed by atoms with Gasteiger partial charge < -0.3 is 14.4 Å². The zero-order valence-electron chi connectivity index (χ0n) is 14.9. The van der Waals surface area contributed by atoms with Crippen LogP contribution in [0.2, 0.25) is 0 Å². The number of amides is 1. The normalized spacial score (nSPS) is 21.0. The Morgan fingerprint density at radius 2 is 1.88 bits per heavy atom. The molecule has 4 rings (SSSR count). The molecule has 0 aliphatic carbocycles. The van der Waals surface area contributed by atoms with Gasteiger partial charge in [0.05, 0.1) is 19.8 Å². The van der Waals surface area contributed by atoms with E-state index in [0.717, 1.165) is 44.2 Å². The zero-order chi connectivity index (χ0) is 17.9. The predicted molar refractivity (Wildman–Crippen MR) is 98.8 cm³/mol. The SMILES string of the molecule is Cc1ccc2c(n1)OC(CN1CCOCC1)CN(c1ccccc1)C2=O. The predicted octanol–water partition coefficient (Wildman–Crippen LogP) is 2.13. The summed E-state index contributed by atoms with van der Waals surface area (Å²) < 4.78 is 11.6. The van der Waals surface area contributed by atoms with Crippen molar-refractivity contribution < 1.29 is 14.3 Å². The van der Waals surface area contributed by atoms with Gasteiger partial charge in [0.15, 0.2) is 0 Å². The maximum atomic E-state index is 13.2. The molecule has 6 nitrogen and oxygen atoms in total. The fourth-order valence-corrected chi connectivity index (χ4v) is 3.41. The monoisotopic (exact) mass is 353 g/mol. The van der Waals surface area contributed by atoms with E-state index in [2.05, 4.69) is 9.88 Å². The molecule has 3 heterocycles. The summed E-state index contributed by atoms with van der Waals surface area (Å²) in [4.78, 5) is 21.8. The van der Waals surface area contributed by atoms with E-state index in [1.54, 1.807) is 4.90 Å². The number of pyridine rings is 1. The number of benzene rings is 1. The molecule has 6 heteroatoms. The number of anilines is 1. The van der Waals surface area contributed by atoms with Crippen molar-refractivity contribution >= 4 is 11.6 Å². The lowest BCUT2D eigenvalue weighted by Crippen LogP contribution is -2.47. The van der Waals surface area contributed by atoms with Crippen molar-refractivity contribution in [3.05, 3.63) is 53.7 Å². The first kappa shape index (κ1) is 17.0. The summed E-state index contributed by atoms with van der Waals surface area (Å²) in [5, 5.41) is 0. The number of carbonyl (C=O) groups is 1. The number of rotatable bonds is 3. The van der Waals surface area contributed by atoms with Crippen LogP contribution in [-0.2, 0) is 4.74 Å². The van der Waals surface area contributed by atoms with Gasteiger partial charge in [0.2, 0.25) is 5.88 Å². The quantitative estimate of drug-likeness (QED) is 0.846. The van der Waals surface area contributed by atoms with Crippen LogP contribution in [0.25, 0.3) is 0 Å². The molecule has 1 fully saturated rings. The van der Waals surface area contributed by atoms with Crippen LogP contribution in [0.5, 0.6) is 5.88 Å². The molecule has 0 radical (unpaired) electrons. The summed E-state index contributed by atoms with van der Waals surface area (Å²) in [6.07, 6.45) is -0.146. The highest BCUT2D eigenvalue weighted by molar-refractivity contribution is 6.08. The fraction of sp³-hybridized carbons (Fsp3) is 0.400. The van der Waals surface area contributed by atoms with Gasteiger partial charge in [-0.1, -0.05) is 18.2 Å². The third-order valence-corrected chi connectivity index (χ3v) is 4.77. The standard InChI is InChI=1S/C20H23N3O3/c1-15-7-8-18-19(21-15)26-17(13-22-9-11-25-12-10-22)14-23(20(18)24)16-5-3-2-4-6-16/h2-8,17H,9-14H2,1H3. The van der Waals surface area contributed by atoms with E-state index < -0.39 is 0 Å². The highest BCUT2D eigenvalue weighted by Crippen LogP contribution is 2.27. The van der Waals surface area contributed by atoms with Crippen molar-refractivity contribution in [2.24, 2.45) is 0 Å². The van der Waals surface area contributed by atoms with Gasteiger partial charge in [-0.05, 0) is 31.2 Å². The summed E-state index contributed by atoms with van der Waals surface area (Å²) in [6.45, 7) is 6.39. The van der Waals surface area contributed by atoms with Gasteiger partial charge in [-0.2, -0.15) is 0 Å². The summed E-state index contributed by atoms with van der Waals surface area (Å²) in [7, 11) is 0. The maximum absolute atomic E-state index is 13.2. The first-order valence-electron chi connectivity index (χ1n) is 9.02. The van der Waals surface area contributed by atoms with Crippen molar-refractivity contribution in [2.45, 2.75) is 13.0 Å². The fourth-order valence-electron chi connectivity index (χ4n) is 3.41. The lowest BCUT2D eigenvalue weighted by atomic mass is 10.2. The molecular formula is C20H23N3O3. The van der Waals surface area contributed by atoms with Crippen LogP contribution < -0.4 is 9.64 Å². The molecule has 1 aromatic heterocycles. The van der Waals surface area contributed by atoms with Crippen LogP contribution in [-0.4, -0.2) is 61.3 Å². The van der Waals surface area contributed by atoms with Crippen molar-refractivity contribution in [3.63, 3.8) is 0 Å². The van der Waals surface area contributed by atoms with E-state index in [9.17, 15) is 4.79 Å². The number of carbonyl (C=O) groups excluding carboxylic acids is 1. The van der Waals surface area contributed by atoms with Crippen LogP contribution >= 0.6 is 0 Å². The first-order valence-corrected chi connectivity index (χ1v) is 9.02. The molecular weight excluding hydrogens is 330 g/mol. The Bertz CT molecular complexity index is 775. The smallest absolute Gasteiger partial charge is 0.263 e. The number of para-hydroxylation sites is 1. The molecule has 0 saturated carbocycles. The Labute approximate surface area is 153 Å². The van der Waals surface area contributed by atoms with E-state index in [1.807, 2.05) is 49.4 Å². The number of nitrogens with zero attached hydrogens (tertiary/aromatic N) is 3. The van der Waals surface area contributed by atoms with Crippen molar-refractivity contribution in [1.82, 2.24) is 9.88 Å². The van der Waals surface area contributed by atoms with Crippen LogP contribution in [0.4, 0.5) is 5.69 Å². The third kappa shape index (κ3) is 3.57. The van der Waals surface area contributed by atoms with Crippen molar-refractivity contribution in [1.29, 1.82) is 0 Å². The third-order valence-electron chi connectivity index (χ3n) is 4.77. The average molecular weight is 353 g/mol. The summed E-state index contributed by atoms with van der Waals surface area (Å²) in [6, 6.07) is 13.4. The van der Waals surface area contributed by atoms with Crippen molar-refractivity contribution in [2.75, 3.05) is 44.3 Å². The number of aromatic nitrogens is 1. The number of fused-ring (bicyclic) bond motifs is 1. The van der Waals surface area contributed by atoms with Gasteiger partial charge in [0, 0.05) is 31.0 Å². The van der Waals surface area contributed by atoms with Crippen LogP contribution in [0.15, 0.2) is 42.5 Å². The molecule has 0 N–H and O–H groups in total. The molecule has 1 aromatic carbocycles. The molecule has 2 aliphatic rings. The number of aryl methyl sites for hydroxylation is 1. The Kier molecular flexibility index (Phi) is 4.86. The molecule has 26 heavy (non-hydrogen) atoms. The van der Waals surface area contributed by atoms with Gasteiger partial charge in [0.25, 0.3) is 5.91 Å². The van der Waals surface area contributed by atoms with Gasteiger partial charge >= 0.3 is 0 Å². The van der Waals surface area contributed by atoms with E-state index in [4.69, 9.17) is 9.47 Å². The van der Waals surface area contributed by atoms with E-state index in [-0.39, 0.29) is 12.0 Å². The second-order valence-electron chi connectivity index (χ2n) is 6.71. The maximum Gasteiger partial charge on any atom is 0.263 e. The molecule has 1 saturated heterocycles. The topological polar surface area (TPSA) is 54.9 Å². The minimum absolute atomic E-state index is 0.0665. The Morgan fingerprint density at radius 1 is 1.12 bits per heavy atom. The lowest BCUT2D eigenvalue weighted by Gasteiger charge is -2.31.